The van der Waals surface area contributed by atoms with Crippen molar-refractivity contribution in [2.24, 2.45) is 0 Å². The average molecular weight is 375 g/mol. The summed E-state index contributed by atoms with van der Waals surface area (Å²) in [5.41, 5.74) is 1.60. The fourth-order valence-corrected chi connectivity index (χ4v) is 2.52. The van der Waals surface area contributed by atoms with E-state index in [4.69, 9.17) is 14.5 Å². The van der Waals surface area contributed by atoms with Gasteiger partial charge in [-0.2, -0.15) is 5.26 Å². The van der Waals surface area contributed by atoms with Crippen molar-refractivity contribution in [3.8, 4) is 11.8 Å². The molecule has 0 saturated heterocycles. The number of carbonyl (C=O) groups is 1. The van der Waals surface area contributed by atoms with Gasteiger partial charge < -0.3 is 14.6 Å². The molecule has 0 aliphatic carbocycles. The SMILES string of the molecule is CC(C)(C)c1cc(NC(=O)c2cccc(OCc3ccccc3C#N)c2)no1. The monoisotopic (exact) mass is 375 g/mol. The number of anilines is 1. The summed E-state index contributed by atoms with van der Waals surface area (Å²) in [6, 6.07) is 17.9. The number of benzene rings is 2. The van der Waals surface area contributed by atoms with Gasteiger partial charge in [-0.1, -0.05) is 50.2 Å². The molecular weight excluding hydrogens is 354 g/mol. The average Bonchev–Trinajstić information content (AvgIpc) is 3.16. The molecule has 0 saturated carbocycles. The number of amides is 1. The van der Waals surface area contributed by atoms with Gasteiger partial charge in [0.1, 0.15) is 18.1 Å². The van der Waals surface area contributed by atoms with E-state index in [9.17, 15) is 4.79 Å². The van der Waals surface area contributed by atoms with Crippen LogP contribution in [0.4, 0.5) is 5.82 Å². The van der Waals surface area contributed by atoms with E-state index < -0.39 is 0 Å². The van der Waals surface area contributed by atoms with Crippen LogP contribution in [0, 0.1) is 11.3 Å². The second-order valence-corrected chi connectivity index (χ2v) is 7.37. The predicted octanol–water partition coefficient (Wildman–Crippen LogP) is 4.68. The van der Waals surface area contributed by atoms with Crippen LogP contribution in [0.25, 0.3) is 0 Å². The Morgan fingerprint density at radius 2 is 1.96 bits per heavy atom. The minimum atomic E-state index is -0.309. The molecule has 2 aromatic carbocycles. The summed E-state index contributed by atoms with van der Waals surface area (Å²) in [5.74, 6) is 1.28. The molecule has 1 aromatic heterocycles. The summed E-state index contributed by atoms with van der Waals surface area (Å²) in [6.07, 6.45) is 0. The van der Waals surface area contributed by atoms with Crippen molar-refractivity contribution in [3.05, 3.63) is 77.0 Å². The summed E-state index contributed by atoms with van der Waals surface area (Å²) in [4.78, 5) is 12.5. The maximum absolute atomic E-state index is 12.5. The maximum Gasteiger partial charge on any atom is 0.257 e. The number of rotatable bonds is 5. The smallest absolute Gasteiger partial charge is 0.257 e. The number of aromatic nitrogens is 1. The topological polar surface area (TPSA) is 88.1 Å². The van der Waals surface area contributed by atoms with Gasteiger partial charge in [0.15, 0.2) is 5.82 Å². The van der Waals surface area contributed by atoms with Crippen LogP contribution in [-0.4, -0.2) is 11.1 Å². The molecule has 0 fully saturated rings. The highest BCUT2D eigenvalue weighted by molar-refractivity contribution is 6.04. The number of nitrogens with one attached hydrogen (secondary N) is 1. The van der Waals surface area contributed by atoms with Gasteiger partial charge in [0, 0.05) is 22.6 Å². The van der Waals surface area contributed by atoms with Crippen LogP contribution in [0.2, 0.25) is 0 Å². The molecule has 28 heavy (non-hydrogen) atoms. The van der Waals surface area contributed by atoms with Crippen molar-refractivity contribution < 1.29 is 14.1 Å². The van der Waals surface area contributed by atoms with E-state index in [1.807, 2.05) is 39.0 Å². The van der Waals surface area contributed by atoms with Crippen molar-refractivity contribution in [3.63, 3.8) is 0 Å². The first-order valence-corrected chi connectivity index (χ1v) is 8.86. The van der Waals surface area contributed by atoms with Crippen molar-refractivity contribution in [2.75, 3.05) is 5.32 Å². The lowest BCUT2D eigenvalue weighted by molar-refractivity contribution is 0.102. The van der Waals surface area contributed by atoms with Gasteiger partial charge in [0.25, 0.3) is 5.91 Å². The minimum absolute atomic E-state index is 0.191. The Morgan fingerprint density at radius 3 is 2.68 bits per heavy atom. The fourth-order valence-electron chi connectivity index (χ4n) is 2.52. The van der Waals surface area contributed by atoms with Gasteiger partial charge in [0.05, 0.1) is 11.6 Å². The van der Waals surface area contributed by atoms with E-state index in [1.54, 1.807) is 36.4 Å². The highest BCUT2D eigenvalue weighted by Crippen LogP contribution is 2.25. The molecule has 1 heterocycles. The van der Waals surface area contributed by atoms with Crippen molar-refractivity contribution in [2.45, 2.75) is 32.8 Å². The third-order valence-electron chi connectivity index (χ3n) is 4.12. The Bertz CT molecular complexity index is 1030. The van der Waals surface area contributed by atoms with Crippen molar-refractivity contribution >= 4 is 11.7 Å². The van der Waals surface area contributed by atoms with Crippen LogP contribution < -0.4 is 10.1 Å². The second kappa shape index (κ2) is 7.97. The minimum Gasteiger partial charge on any atom is -0.489 e. The molecule has 6 heteroatoms. The second-order valence-electron chi connectivity index (χ2n) is 7.37. The van der Waals surface area contributed by atoms with Crippen LogP contribution in [0.1, 0.15) is 48.0 Å². The third kappa shape index (κ3) is 4.57. The molecule has 0 unspecified atom stereocenters. The molecule has 3 aromatic rings. The van der Waals surface area contributed by atoms with E-state index in [2.05, 4.69) is 16.5 Å². The molecule has 0 bridgehead atoms. The van der Waals surface area contributed by atoms with Crippen LogP contribution in [-0.2, 0) is 12.0 Å². The van der Waals surface area contributed by atoms with Crippen molar-refractivity contribution in [1.29, 1.82) is 5.26 Å². The third-order valence-corrected chi connectivity index (χ3v) is 4.12. The first-order chi connectivity index (χ1) is 13.4. The summed E-state index contributed by atoms with van der Waals surface area (Å²) in [6.45, 7) is 6.26. The van der Waals surface area contributed by atoms with E-state index in [-0.39, 0.29) is 17.9 Å². The van der Waals surface area contributed by atoms with E-state index >= 15 is 0 Å². The Kier molecular flexibility index (Phi) is 5.46. The van der Waals surface area contributed by atoms with Gasteiger partial charge in [-0.05, 0) is 24.3 Å². The van der Waals surface area contributed by atoms with Gasteiger partial charge >= 0.3 is 0 Å². The molecule has 1 N–H and O–H groups in total. The molecule has 1 amide bonds. The highest BCUT2D eigenvalue weighted by atomic mass is 16.5. The number of ether oxygens (including phenoxy) is 1. The summed E-state index contributed by atoms with van der Waals surface area (Å²) in [7, 11) is 0. The fraction of sp³-hybridized carbons (Fsp3) is 0.227. The molecule has 0 aliphatic heterocycles. The maximum atomic E-state index is 12.5. The van der Waals surface area contributed by atoms with Gasteiger partial charge in [0.2, 0.25) is 0 Å². The summed E-state index contributed by atoms with van der Waals surface area (Å²) in [5, 5.41) is 15.8. The van der Waals surface area contributed by atoms with Gasteiger partial charge in [-0.25, -0.2) is 0 Å². The summed E-state index contributed by atoms with van der Waals surface area (Å²) >= 11 is 0. The number of hydrogen-bond donors (Lipinski definition) is 1. The lowest BCUT2D eigenvalue weighted by atomic mass is 9.93. The predicted molar refractivity (Wildman–Crippen MR) is 105 cm³/mol. The van der Waals surface area contributed by atoms with Gasteiger partial charge in [-0.15, -0.1) is 0 Å². The number of nitrogens with zero attached hydrogens (tertiary/aromatic N) is 2. The molecule has 3 rings (SSSR count). The number of hydrogen-bond acceptors (Lipinski definition) is 5. The molecule has 142 valence electrons. The largest absolute Gasteiger partial charge is 0.489 e. The Labute approximate surface area is 163 Å². The molecule has 0 spiro atoms. The standard InChI is InChI=1S/C22H21N3O3/c1-22(2,3)19-12-20(25-28-19)24-21(26)15-9-6-10-18(11-15)27-14-17-8-5-4-7-16(17)13-23/h4-12H,14H2,1-3H3,(H,24,25,26). The Hall–Kier alpha value is -3.59. The number of nitriles is 1. The van der Waals surface area contributed by atoms with E-state index in [0.717, 1.165) is 5.56 Å². The lowest BCUT2D eigenvalue weighted by Crippen LogP contribution is -2.12. The number of carbonyl (C=O) groups excluding carboxylic acids is 1. The highest BCUT2D eigenvalue weighted by Gasteiger charge is 2.20. The quantitative estimate of drug-likeness (QED) is 0.700. The van der Waals surface area contributed by atoms with Crippen LogP contribution in [0.3, 0.4) is 0 Å². The Balaban J connectivity index is 1.68. The van der Waals surface area contributed by atoms with Crippen LogP contribution >= 0.6 is 0 Å². The molecular formula is C22H21N3O3. The van der Waals surface area contributed by atoms with E-state index in [1.165, 1.54) is 0 Å². The molecule has 0 atom stereocenters. The van der Waals surface area contributed by atoms with Gasteiger partial charge in [-0.3, -0.25) is 4.79 Å². The molecule has 0 aliphatic rings. The van der Waals surface area contributed by atoms with Crippen molar-refractivity contribution in [1.82, 2.24) is 5.16 Å². The van der Waals surface area contributed by atoms with Crippen LogP contribution in [0.15, 0.2) is 59.1 Å². The zero-order valence-corrected chi connectivity index (χ0v) is 16.0. The molecule has 6 nitrogen and oxygen atoms in total. The first kappa shape index (κ1) is 19.2. The Morgan fingerprint density at radius 1 is 1.18 bits per heavy atom. The van der Waals surface area contributed by atoms with E-state index in [0.29, 0.717) is 28.5 Å². The molecule has 0 radical (unpaired) electrons. The first-order valence-electron chi connectivity index (χ1n) is 8.86. The summed E-state index contributed by atoms with van der Waals surface area (Å²) < 4.78 is 11.0. The van der Waals surface area contributed by atoms with Crippen LogP contribution in [0.5, 0.6) is 5.75 Å². The lowest BCUT2D eigenvalue weighted by Gasteiger charge is -2.12. The zero-order chi connectivity index (χ0) is 20.1. The normalized spacial score (nSPS) is 10.9. The zero-order valence-electron chi connectivity index (χ0n) is 16.0.